The second-order valence-electron chi connectivity index (χ2n) is 4.16. The summed E-state index contributed by atoms with van der Waals surface area (Å²) in [7, 11) is 3.25. The van der Waals surface area contributed by atoms with Crippen LogP contribution >= 0.6 is 11.6 Å². The highest BCUT2D eigenvalue weighted by Crippen LogP contribution is 2.33. The zero-order valence-electron chi connectivity index (χ0n) is 9.42. The Morgan fingerprint density at radius 1 is 1.59 bits per heavy atom. The van der Waals surface area contributed by atoms with E-state index in [4.69, 9.17) is 16.7 Å². The average molecular weight is 258 g/mol. The predicted molar refractivity (Wildman–Crippen MR) is 59.7 cm³/mol. The van der Waals surface area contributed by atoms with Crippen LogP contribution in [0.3, 0.4) is 0 Å². The molecule has 1 aromatic rings. The second-order valence-corrected chi connectivity index (χ2v) is 4.54. The number of hydrogen-bond donors (Lipinski definition) is 1. The molecule has 0 aliphatic carbocycles. The lowest BCUT2D eigenvalue weighted by atomic mass is 9.93. The molecule has 2 heterocycles. The summed E-state index contributed by atoms with van der Waals surface area (Å²) in [6.07, 6.45) is 0. The van der Waals surface area contributed by atoms with Crippen molar-refractivity contribution in [1.82, 2.24) is 14.7 Å². The molecule has 1 N–H and O–H groups in total. The molecule has 2 atom stereocenters. The summed E-state index contributed by atoms with van der Waals surface area (Å²) in [6.45, 7) is 0.350. The molecule has 2 unspecified atom stereocenters. The van der Waals surface area contributed by atoms with Gasteiger partial charge in [-0.05, 0) is 6.07 Å². The fourth-order valence-corrected chi connectivity index (χ4v) is 2.24. The number of carbonyl (C=O) groups excluding carboxylic acids is 1. The molecule has 0 radical (unpaired) electrons. The van der Waals surface area contributed by atoms with Gasteiger partial charge >= 0.3 is 5.97 Å². The normalized spacial score (nSPS) is 24.4. The molecule has 0 aromatic carbocycles. The average Bonchev–Trinajstić information content (AvgIpc) is 2.70. The molecule has 92 valence electrons. The molecule has 6 nitrogen and oxygen atoms in total. The molecule has 2 rings (SSSR count). The van der Waals surface area contributed by atoms with Gasteiger partial charge in [-0.2, -0.15) is 5.10 Å². The summed E-state index contributed by atoms with van der Waals surface area (Å²) in [4.78, 5) is 24.2. The van der Waals surface area contributed by atoms with E-state index >= 15 is 0 Å². The Morgan fingerprint density at radius 3 is 2.71 bits per heavy atom. The molecule has 7 heteroatoms. The lowest BCUT2D eigenvalue weighted by Gasteiger charge is -2.09. The van der Waals surface area contributed by atoms with Gasteiger partial charge in [-0.1, -0.05) is 11.6 Å². The maximum absolute atomic E-state index is 11.7. The van der Waals surface area contributed by atoms with Gasteiger partial charge in [-0.3, -0.25) is 14.3 Å². The smallest absolute Gasteiger partial charge is 0.316 e. The molecule has 0 bridgehead atoms. The van der Waals surface area contributed by atoms with Crippen molar-refractivity contribution in [3.05, 3.63) is 16.9 Å². The molecule has 1 amide bonds. The third kappa shape index (κ3) is 1.88. The monoisotopic (exact) mass is 257 g/mol. The third-order valence-corrected chi connectivity index (χ3v) is 3.36. The maximum atomic E-state index is 11.7. The predicted octanol–water partition coefficient (Wildman–Crippen LogP) is 0.330. The minimum Gasteiger partial charge on any atom is -0.481 e. The topological polar surface area (TPSA) is 75.4 Å². The number of aliphatic carboxylic acids is 1. The Bertz CT molecular complexity index is 466. The van der Waals surface area contributed by atoms with Crippen molar-refractivity contribution >= 4 is 23.5 Å². The molecule has 17 heavy (non-hydrogen) atoms. The minimum atomic E-state index is -1.12. The number of aromatic nitrogens is 2. The number of rotatable bonds is 2. The van der Waals surface area contributed by atoms with Crippen LogP contribution in [0.1, 0.15) is 11.6 Å². The molecular weight excluding hydrogens is 246 g/mol. The molecule has 0 saturated carbocycles. The summed E-state index contributed by atoms with van der Waals surface area (Å²) in [6, 6.07) is 1.61. The Morgan fingerprint density at radius 2 is 2.24 bits per heavy atom. The van der Waals surface area contributed by atoms with Gasteiger partial charge in [0.2, 0.25) is 5.91 Å². The molecule has 0 spiro atoms. The lowest BCUT2D eigenvalue weighted by molar-refractivity contribution is -0.147. The number of carboxylic acid groups (broad SMARTS) is 1. The number of likely N-dealkylation sites (tertiary alicyclic amines) is 1. The maximum Gasteiger partial charge on any atom is 0.316 e. The van der Waals surface area contributed by atoms with Crippen LogP contribution in [0.25, 0.3) is 0 Å². The van der Waals surface area contributed by atoms with Gasteiger partial charge in [0.1, 0.15) is 11.1 Å². The van der Waals surface area contributed by atoms with Gasteiger partial charge in [-0.25, -0.2) is 0 Å². The van der Waals surface area contributed by atoms with E-state index in [2.05, 4.69) is 5.10 Å². The number of halogens is 1. The van der Waals surface area contributed by atoms with Crippen molar-refractivity contribution in [2.75, 3.05) is 13.6 Å². The number of nitrogens with zero attached hydrogens (tertiary/aromatic N) is 3. The SMILES string of the molecule is CN1CC(c2cc(Cl)n(C)n2)C(C(=O)O)C1=O. The Balaban J connectivity index is 2.37. The second kappa shape index (κ2) is 4.03. The molecular formula is C10H12ClN3O3. The number of carboxylic acids is 1. The van der Waals surface area contributed by atoms with E-state index in [1.807, 2.05) is 0 Å². The summed E-state index contributed by atoms with van der Waals surface area (Å²) in [5.74, 6) is -3.01. The first-order valence-electron chi connectivity index (χ1n) is 5.09. The summed E-state index contributed by atoms with van der Waals surface area (Å²) >= 11 is 5.86. The van der Waals surface area contributed by atoms with Crippen molar-refractivity contribution in [3.8, 4) is 0 Å². The van der Waals surface area contributed by atoms with E-state index in [-0.39, 0.29) is 5.91 Å². The zero-order valence-corrected chi connectivity index (χ0v) is 10.2. The highest BCUT2D eigenvalue weighted by Gasteiger charge is 2.45. The first-order chi connectivity index (χ1) is 7.91. The van der Waals surface area contributed by atoms with Crippen LogP contribution in [-0.4, -0.2) is 45.3 Å². The Hall–Kier alpha value is -1.56. The number of hydrogen-bond acceptors (Lipinski definition) is 3. The highest BCUT2D eigenvalue weighted by molar-refractivity contribution is 6.29. The lowest BCUT2D eigenvalue weighted by Crippen LogP contribution is -2.28. The molecule has 1 aliphatic heterocycles. The molecule has 1 fully saturated rings. The van der Waals surface area contributed by atoms with Crippen LogP contribution in [-0.2, 0) is 16.6 Å². The van der Waals surface area contributed by atoms with Crippen LogP contribution in [0.5, 0.6) is 0 Å². The zero-order chi connectivity index (χ0) is 12.7. The molecule has 1 aliphatic rings. The van der Waals surface area contributed by atoms with Crippen LogP contribution in [0.2, 0.25) is 5.15 Å². The van der Waals surface area contributed by atoms with E-state index in [1.165, 1.54) is 9.58 Å². The number of aryl methyl sites for hydroxylation is 1. The van der Waals surface area contributed by atoms with Crippen LogP contribution < -0.4 is 0 Å². The fourth-order valence-electron chi connectivity index (χ4n) is 2.09. The number of likely N-dealkylation sites (N-methyl/N-ethyl adjacent to an activating group) is 1. The molecule has 1 aromatic heterocycles. The minimum absolute atomic E-state index is 0.350. The van der Waals surface area contributed by atoms with Crippen LogP contribution in [0.15, 0.2) is 6.07 Å². The van der Waals surface area contributed by atoms with Crippen LogP contribution in [0, 0.1) is 5.92 Å². The van der Waals surface area contributed by atoms with Crippen LogP contribution in [0.4, 0.5) is 0 Å². The van der Waals surface area contributed by atoms with Gasteiger partial charge < -0.3 is 10.0 Å². The largest absolute Gasteiger partial charge is 0.481 e. The van der Waals surface area contributed by atoms with Gasteiger partial charge in [0, 0.05) is 26.6 Å². The third-order valence-electron chi connectivity index (χ3n) is 3.00. The van der Waals surface area contributed by atoms with E-state index in [0.717, 1.165) is 0 Å². The quantitative estimate of drug-likeness (QED) is 0.775. The fraction of sp³-hybridized carbons (Fsp3) is 0.500. The van der Waals surface area contributed by atoms with Gasteiger partial charge in [0.15, 0.2) is 0 Å². The number of carbonyl (C=O) groups is 2. The van der Waals surface area contributed by atoms with Crippen molar-refractivity contribution in [3.63, 3.8) is 0 Å². The Kier molecular flexibility index (Phi) is 2.82. The van der Waals surface area contributed by atoms with Gasteiger partial charge in [-0.15, -0.1) is 0 Å². The summed E-state index contributed by atoms with van der Waals surface area (Å²) < 4.78 is 1.46. The van der Waals surface area contributed by atoms with Crippen molar-refractivity contribution in [1.29, 1.82) is 0 Å². The highest BCUT2D eigenvalue weighted by atomic mass is 35.5. The van der Waals surface area contributed by atoms with E-state index in [0.29, 0.717) is 17.4 Å². The van der Waals surface area contributed by atoms with E-state index in [9.17, 15) is 9.59 Å². The first-order valence-corrected chi connectivity index (χ1v) is 5.47. The number of amides is 1. The molecule has 1 saturated heterocycles. The first kappa shape index (κ1) is 11.9. The van der Waals surface area contributed by atoms with Crippen molar-refractivity contribution in [2.45, 2.75) is 5.92 Å². The van der Waals surface area contributed by atoms with E-state index in [1.54, 1.807) is 20.2 Å². The van der Waals surface area contributed by atoms with Gasteiger partial charge in [0.05, 0.1) is 5.69 Å². The van der Waals surface area contributed by atoms with Gasteiger partial charge in [0.25, 0.3) is 0 Å². The Labute approximate surface area is 103 Å². The van der Waals surface area contributed by atoms with Crippen molar-refractivity contribution < 1.29 is 14.7 Å². The van der Waals surface area contributed by atoms with Crippen molar-refractivity contribution in [2.24, 2.45) is 13.0 Å². The standard InChI is InChI=1S/C10H12ClN3O3/c1-13-4-5(8(9(13)15)10(16)17)6-3-7(11)14(2)12-6/h3,5,8H,4H2,1-2H3,(H,16,17). The summed E-state index contributed by atoms with van der Waals surface area (Å²) in [5.41, 5.74) is 0.544. The summed E-state index contributed by atoms with van der Waals surface area (Å²) in [5, 5.41) is 13.7. The van der Waals surface area contributed by atoms with E-state index < -0.39 is 17.8 Å².